The van der Waals surface area contributed by atoms with Crippen molar-refractivity contribution in [2.24, 2.45) is 0 Å². The van der Waals surface area contributed by atoms with Crippen molar-refractivity contribution < 1.29 is 9.59 Å². The number of carbonyl (C=O) groups is 2. The lowest BCUT2D eigenvalue weighted by atomic mass is 10.1. The number of hydrogen-bond acceptors (Lipinski definition) is 3. The SMILES string of the molecule is CCCN1C(=O)c2ccccc2C1NCC(=O)NCc1ccccc1. The Morgan fingerprint density at radius 2 is 1.80 bits per heavy atom. The van der Waals surface area contributed by atoms with Crippen molar-refractivity contribution in [1.82, 2.24) is 15.5 Å². The maximum atomic E-state index is 12.5. The molecule has 0 saturated heterocycles. The fourth-order valence-electron chi connectivity index (χ4n) is 3.11. The second kappa shape index (κ2) is 7.94. The van der Waals surface area contributed by atoms with Gasteiger partial charge in [-0.25, -0.2) is 0 Å². The lowest BCUT2D eigenvalue weighted by Gasteiger charge is -2.25. The largest absolute Gasteiger partial charge is 0.351 e. The van der Waals surface area contributed by atoms with Crippen LogP contribution in [0.4, 0.5) is 0 Å². The zero-order valence-electron chi connectivity index (χ0n) is 14.4. The van der Waals surface area contributed by atoms with E-state index in [0.717, 1.165) is 23.1 Å². The van der Waals surface area contributed by atoms with Crippen LogP contribution in [-0.2, 0) is 11.3 Å². The van der Waals surface area contributed by atoms with Crippen LogP contribution in [0.2, 0.25) is 0 Å². The molecule has 0 fully saturated rings. The monoisotopic (exact) mass is 337 g/mol. The Labute approximate surface area is 148 Å². The minimum absolute atomic E-state index is 0.0274. The number of benzene rings is 2. The van der Waals surface area contributed by atoms with Crippen LogP contribution in [0.15, 0.2) is 54.6 Å². The fourth-order valence-corrected chi connectivity index (χ4v) is 3.11. The van der Waals surface area contributed by atoms with E-state index in [1.807, 2.05) is 61.5 Å². The molecule has 5 heteroatoms. The van der Waals surface area contributed by atoms with Crippen LogP contribution in [0.25, 0.3) is 0 Å². The number of rotatable bonds is 7. The summed E-state index contributed by atoms with van der Waals surface area (Å²) in [6, 6.07) is 17.4. The highest BCUT2D eigenvalue weighted by Crippen LogP contribution is 2.31. The Kier molecular flexibility index (Phi) is 5.46. The topological polar surface area (TPSA) is 61.4 Å². The molecule has 1 atom stereocenters. The van der Waals surface area contributed by atoms with E-state index >= 15 is 0 Å². The van der Waals surface area contributed by atoms with Gasteiger partial charge in [0.1, 0.15) is 6.17 Å². The van der Waals surface area contributed by atoms with Crippen molar-refractivity contribution >= 4 is 11.8 Å². The Bertz CT molecular complexity index is 746. The van der Waals surface area contributed by atoms with Gasteiger partial charge in [-0.05, 0) is 18.1 Å². The van der Waals surface area contributed by atoms with E-state index in [9.17, 15) is 9.59 Å². The van der Waals surface area contributed by atoms with Gasteiger partial charge in [-0.1, -0.05) is 55.5 Å². The third kappa shape index (κ3) is 3.88. The van der Waals surface area contributed by atoms with Gasteiger partial charge in [-0.15, -0.1) is 0 Å². The number of fused-ring (bicyclic) bond motifs is 1. The van der Waals surface area contributed by atoms with Crippen molar-refractivity contribution in [3.05, 3.63) is 71.3 Å². The minimum Gasteiger partial charge on any atom is -0.351 e. The highest BCUT2D eigenvalue weighted by Gasteiger charge is 2.35. The van der Waals surface area contributed by atoms with Gasteiger partial charge < -0.3 is 10.2 Å². The molecule has 0 radical (unpaired) electrons. The van der Waals surface area contributed by atoms with E-state index in [0.29, 0.717) is 13.1 Å². The van der Waals surface area contributed by atoms with E-state index in [2.05, 4.69) is 10.6 Å². The second-order valence-corrected chi connectivity index (χ2v) is 6.13. The Hall–Kier alpha value is -2.66. The highest BCUT2D eigenvalue weighted by atomic mass is 16.2. The van der Waals surface area contributed by atoms with Crippen LogP contribution >= 0.6 is 0 Å². The maximum Gasteiger partial charge on any atom is 0.255 e. The molecule has 1 aliphatic rings. The van der Waals surface area contributed by atoms with Crippen LogP contribution < -0.4 is 10.6 Å². The zero-order valence-corrected chi connectivity index (χ0v) is 14.4. The van der Waals surface area contributed by atoms with Gasteiger partial charge in [0.2, 0.25) is 5.91 Å². The molecule has 130 valence electrons. The van der Waals surface area contributed by atoms with Crippen LogP contribution in [-0.4, -0.2) is 29.8 Å². The lowest BCUT2D eigenvalue weighted by Crippen LogP contribution is -2.42. The van der Waals surface area contributed by atoms with E-state index < -0.39 is 0 Å². The van der Waals surface area contributed by atoms with Gasteiger partial charge in [-0.2, -0.15) is 0 Å². The van der Waals surface area contributed by atoms with Crippen molar-refractivity contribution in [3.8, 4) is 0 Å². The lowest BCUT2D eigenvalue weighted by molar-refractivity contribution is -0.120. The van der Waals surface area contributed by atoms with Crippen LogP contribution in [0.3, 0.4) is 0 Å². The highest BCUT2D eigenvalue weighted by molar-refractivity contribution is 5.99. The molecule has 2 N–H and O–H groups in total. The molecule has 25 heavy (non-hydrogen) atoms. The van der Waals surface area contributed by atoms with Gasteiger partial charge >= 0.3 is 0 Å². The summed E-state index contributed by atoms with van der Waals surface area (Å²) in [5, 5.41) is 6.13. The molecular formula is C20H23N3O2. The third-order valence-electron chi connectivity index (χ3n) is 4.31. The summed E-state index contributed by atoms with van der Waals surface area (Å²) in [5.41, 5.74) is 2.72. The van der Waals surface area contributed by atoms with Crippen LogP contribution in [0.1, 0.15) is 41.0 Å². The normalized spacial score (nSPS) is 16.0. The van der Waals surface area contributed by atoms with E-state index in [4.69, 9.17) is 0 Å². The van der Waals surface area contributed by atoms with Gasteiger partial charge in [0.25, 0.3) is 5.91 Å². The first-order valence-corrected chi connectivity index (χ1v) is 8.64. The van der Waals surface area contributed by atoms with E-state index in [1.54, 1.807) is 4.90 Å². The van der Waals surface area contributed by atoms with Gasteiger partial charge in [0.15, 0.2) is 0 Å². The molecule has 2 aromatic rings. The molecule has 2 aromatic carbocycles. The van der Waals surface area contributed by atoms with Crippen molar-refractivity contribution in [2.75, 3.05) is 13.1 Å². The number of nitrogens with one attached hydrogen (secondary N) is 2. The number of nitrogens with zero attached hydrogens (tertiary/aromatic N) is 1. The molecule has 0 aliphatic carbocycles. The van der Waals surface area contributed by atoms with Crippen molar-refractivity contribution in [3.63, 3.8) is 0 Å². The van der Waals surface area contributed by atoms with Gasteiger partial charge in [0, 0.05) is 24.2 Å². The van der Waals surface area contributed by atoms with Gasteiger partial charge in [-0.3, -0.25) is 14.9 Å². The fraction of sp³-hybridized carbons (Fsp3) is 0.300. The smallest absolute Gasteiger partial charge is 0.255 e. The molecular weight excluding hydrogens is 314 g/mol. The summed E-state index contributed by atoms with van der Waals surface area (Å²) in [4.78, 5) is 26.5. The van der Waals surface area contributed by atoms with Crippen LogP contribution in [0, 0.1) is 0 Å². The first-order valence-electron chi connectivity index (χ1n) is 8.64. The molecule has 3 rings (SSSR count). The Morgan fingerprint density at radius 3 is 2.56 bits per heavy atom. The first kappa shape index (κ1) is 17.2. The number of amides is 2. The molecule has 0 saturated carbocycles. The summed E-state index contributed by atoms with van der Waals surface area (Å²) in [6.45, 7) is 3.37. The summed E-state index contributed by atoms with van der Waals surface area (Å²) >= 11 is 0. The second-order valence-electron chi connectivity index (χ2n) is 6.13. The summed E-state index contributed by atoms with van der Waals surface area (Å²) in [6.07, 6.45) is 0.629. The average Bonchev–Trinajstić information content (AvgIpc) is 2.92. The molecule has 0 bridgehead atoms. The number of hydrogen-bond donors (Lipinski definition) is 2. The molecule has 1 aliphatic heterocycles. The Balaban J connectivity index is 1.60. The summed E-state index contributed by atoms with van der Waals surface area (Å²) in [5.74, 6) is -0.0585. The number of carbonyl (C=O) groups excluding carboxylic acids is 2. The zero-order chi connectivity index (χ0) is 17.6. The molecule has 1 heterocycles. The van der Waals surface area contributed by atoms with Crippen LogP contribution in [0.5, 0.6) is 0 Å². The summed E-state index contributed by atoms with van der Waals surface area (Å²) in [7, 11) is 0. The molecule has 1 unspecified atom stereocenters. The quantitative estimate of drug-likeness (QED) is 0.816. The van der Waals surface area contributed by atoms with E-state index in [1.165, 1.54) is 0 Å². The average molecular weight is 337 g/mol. The predicted molar refractivity (Wildman–Crippen MR) is 96.8 cm³/mol. The molecule has 0 aromatic heterocycles. The standard InChI is InChI=1S/C20H23N3O2/c1-2-12-23-19(16-10-6-7-11-17(16)20(23)25)22-14-18(24)21-13-15-8-4-3-5-9-15/h3-11,19,22H,2,12-14H2,1H3,(H,21,24). The minimum atomic E-state index is -0.244. The maximum absolute atomic E-state index is 12.5. The third-order valence-corrected chi connectivity index (χ3v) is 4.31. The summed E-state index contributed by atoms with van der Waals surface area (Å²) < 4.78 is 0. The predicted octanol–water partition coefficient (Wildman–Crippen LogP) is 2.46. The molecule has 0 spiro atoms. The molecule has 5 nitrogen and oxygen atoms in total. The Morgan fingerprint density at radius 1 is 1.08 bits per heavy atom. The van der Waals surface area contributed by atoms with Gasteiger partial charge in [0.05, 0.1) is 6.54 Å². The molecule has 2 amide bonds. The van der Waals surface area contributed by atoms with E-state index in [-0.39, 0.29) is 24.5 Å². The van der Waals surface area contributed by atoms with Crippen molar-refractivity contribution in [1.29, 1.82) is 0 Å². The van der Waals surface area contributed by atoms with Crippen molar-refractivity contribution in [2.45, 2.75) is 26.1 Å². The first-order chi connectivity index (χ1) is 12.2.